The van der Waals surface area contributed by atoms with Crippen LogP contribution in [0, 0.1) is 6.92 Å². The Balaban J connectivity index is 2.41. The number of allylic oxidation sites excluding steroid dienone is 1. The lowest BCUT2D eigenvalue weighted by Gasteiger charge is -2.14. The van der Waals surface area contributed by atoms with E-state index in [4.69, 9.17) is 0 Å². The molecule has 0 spiro atoms. The Bertz CT molecular complexity index is 525. The predicted octanol–water partition coefficient (Wildman–Crippen LogP) is 2.49. The molecule has 0 saturated heterocycles. The van der Waals surface area contributed by atoms with Crippen molar-refractivity contribution in [3.8, 4) is 0 Å². The van der Waals surface area contributed by atoms with E-state index in [1.165, 1.54) is 4.90 Å². The number of amides is 1. The van der Waals surface area contributed by atoms with E-state index in [1.54, 1.807) is 6.07 Å². The lowest BCUT2D eigenvalue weighted by molar-refractivity contribution is -0.114. The number of anilines is 1. The topological polar surface area (TPSA) is 37.4 Å². The van der Waals surface area contributed by atoms with Crippen molar-refractivity contribution in [1.29, 1.82) is 0 Å². The Labute approximate surface area is 101 Å². The molecule has 1 aliphatic rings. The smallest absolute Gasteiger partial charge is 0.299 e. The summed E-state index contributed by atoms with van der Waals surface area (Å²) in [6.45, 7) is 6.32. The van der Waals surface area contributed by atoms with Crippen LogP contribution in [0.5, 0.6) is 0 Å². The summed E-state index contributed by atoms with van der Waals surface area (Å²) in [5, 5.41) is 0. The van der Waals surface area contributed by atoms with Gasteiger partial charge in [0.1, 0.15) is 0 Å². The van der Waals surface area contributed by atoms with E-state index in [9.17, 15) is 9.59 Å². The maximum Gasteiger partial charge on any atom is 0.299 e. The summed E-state index contributed by atoms with van der Waals surface area (Å²) >= 11 is 0. The molecule has 1 aromatic rings. The lowest BCUT2D eigenvalue weighted by atomic mass is 10.1. The molecule has 88 valence electrons. The molecule has 0 aromatic heterocycles. The van der Waals surface area contributed by atoms with Crippen LogP contribution in [0.1, 0.15) is 29.8 Å². The van der Waals surface area contributed by atoms with Gasteiger partial charge in [-0.2, -0.15) is 0 Å². The number of rotatable bonds is 2. The maximum absolute atomic E-state index is 11.8. The molecule has 3 nitrogen and oxygen atoms in total. The predicted molar refractivity (Wildman–Crippen MR) is 67.3 cm³/mol. The van der Waals surface area contributed by atoms with Crippen molar-refractivity contribution in [3.63, 3.8) is 0 Å². The van der Waals surface area contributed by atoms with E-state index >= 15 is 0 Å². The third-order valence-electron chi connectivity index (χ3n) is 2.81. The summed E-state index contributed by atoms with van der Waals surface area (Å²) in [4.78, 5) is 25.2. The van der Waals surface area contributed by atoms with E-state index in [0.717, 1.165) is 16.8 Å². The Morgan fingerprint density at radius 3 is 2.65 bits per heavy atom. The Hall–Kier alpha value is -1.90. The average Bonchev–Trinajstić information content (AvgIpc) is 2.50. The van der Waals surface area contributed by atoms with Crippen LogP contribution in [0.4, 0.5) is 5.69 Å². The second-order valence-corrected chi connectivity index (χ2v) is 4.55. The molecule has 0 aliphatic carbocycles. The highest BCUT2D eigenvalue weighted by Crippen LogP contribution is 2.29. The van der Waals surface area contributed by atoms with Crippen molar-refractivity contribution in [2.24, 2.45) is 0 Å². The molecule has 0 atom stereocenters. The fourth-order valence-corrected chi connectivity index (χ4v) is 1.87. The van der Waals surface area contributed by atoms with Crippen LogP contribution < -0.4 is 4.90 Å². The first-order chi connectivity index (χ1) is 8.00. The molecule has 0 N–H and O–H groups in total. The van der Waals surface area contributed by atoms with Gasteiger partial charge in [-0.1, -0.05) is 23.3 Å². The molecule has 1 aromatic carbocycles. The van der Waals surface area contributed by atoms with Crippen LogP contribution in [0.3, 0.4) is 0 Å². The average molecular weight is 229 g/mol. The number of carbonyl (C=O) groups excluding carboxylic acids is 2. The van der Waals surface area contributed by atoms with Gasteiger partial charge < -0.3 is 4.90 Å². The second-order valence-electron chi connectivity index (χ2n) is 4.55. The van der Waals surface area contributed by atoms with E-state index in [0.29, 0.717) is 12.1 Å². The first kappa shape index (κ1) is 11.6. The number of hydrogen-bond donors (Lipinski definition) is 0. The Morgan fingerprint density at radius 2 is 2.00 bits per heavy atom. The number of hydrogen-bond acceptors (Lipinski definition) is 2. The van der Waals surface area contributed by atoms with Crippen LogP contribution in [0.15, 0.2) is 29.8 Å². The van der Waals surface area contributed by atoms with Gasteiger partial charge in [-0.05, 0) is 32.9 Å². The zero-order valence-electron chi connectivity index (χ0n) is 10.3. The van der Waals surface area contributed by atoms with Crippen molar-refractivity contribution >= 4 is 17.4 Å². The van der Waals surface area contributed by atoms with Crippen molar-refractivity contribution in [1.82, 2.24) is 0 Å². The minimum Gasteiger partial charge on any atom is -0.301 e. The number of carbonyl (C=O) groups is 2. The fraction of sp³-hybridized carbons (Fsp3) is 0.286. The molecule has 1 aliphatic heterocycles. The highest BCUT2D eigenvalue weighted by Gasteiger charge is 2.34. The molecule has 0 unspecified atom stereocenters. The zero-order chi connectivity index (χ0) is 12.6. The van der Waals surface area contributed by atoms with Gasteiger partial charge in [0.05, 0.1) is 11.3 Å². The molecular formula is C14H15NO2. The maximum atomic E-state index is 11.8. The molecular weight excluding hydrogens is 214 g/mol. The van der Waals surface area contributed by atoms with E-state index < -0.39 is 11.7 Å². The van der Waals surface area contributed by atoms with Crippen molar-refractivity contribution < 1.29 is 9.59 Å². The number of benzene rings is 1. The third kappa shape index (κ3) is 2.00. The molecule has 1 amide bonds. The summed E-state index contributed by atoms with van der Waals surface area (Å²) < 4.78 is 0. The van der Waals surface area contributed by atoms with E-state index in [-0.39, 0.29) is 0 Å². The summed E-state index contributed by atoms with van der Waals surface area (Å²) in [6, 6.07) is 5.53. The van der Waals surface area contributed by atoms with Gasteiger partial charge in [0.2, 0.25) is 0 Å². The lowest BCUT2D eigenvalue weighted by Crippen LogP contribution is -2.29. The number of ketones is 1. The number of Topliss-reactive ketones (excluding diaryl/α,β-unsaturated/α-hetero) is 1. The van der Waals surface area contributed by atoms with Crippen LogP contribution in [-0.2, 0) is 4.79 Å². The van der Waals surface area contributed by atoms with Crippen LogP contribution in [0.2, 0.25) is 0 Å². The fourth-order valence-electron chi connectivity index (χ4n) is 1.87. The number of aryl methyl sites for hydroxylation is 1. The monoisotopic (exact) mass is 229 g/mol. The van der Waals surface area contributed by atoms with Crippen molar-refractivity contribution in [2.75, 3.05) is 11.4 Å². The first-order valence-corrected chi connectivity index (χ1v) is 5.61. The van der Waals surface area contributed by atoms with Crippen LogP contribution in [0.25, 0.3) is 0 Å². The van der Waals surface area contributed by atoms with Gasteiger partial charge in [0, 0.05) is 6.54 Å². The minimum absolute atomic E-state index is 0.397. The quantitative estimate of drug-likeness (QED) is 0.577. The van der Waals surface area contributed by atoms with Gasteiger partial charge in [-0.25, -0.2) is 0 Å². The standard InChI is InChI=1S/C14H15NO2/c1-9(2)6-7-15-12-5-4-10(3)8-11(12)13(16)14(15)17/h4-6,8H,7H2,1-3H3. The normalized spacial score (nSPS) is 13.9. The van der Waals surface area contributed by atoms with Crippen LogP contribution >= 0.6 is 0 Å². The zero-order valence-corrected chi connectivity index (χ0v) is 10.3. The summed E-state index contributed by atoms with van der Waals surface area (Å²) in [6.07, 6.45) is 1.94. The van der Waals surface area contributed by atoms with Gasteiger partial charge in [-0.15, -0.1) is 0 Å². The summed E-state index contributed by atoms with van der Waals surface area (Å²) in [7, 11) is 0. The largest absolute Gasteiger partial charge is 0.301 e. The van der Waals surface area contributed by atoms with E-state index in [2.05, 4.69) is 0 Å². The van der Waals surface area contributed by atoms with Crippen molar-refractivity contribution in [2.45, 2.75) is 20.8 Å². The Morgan fingerprint density at radius 1 is 1.29 bits per heavy atom. The highest BCUT2D eigenvalue weighted by molar-refractivity contribution is 6.52. The molecule has 0 fully saturated rings. The van der Waals surface area contributed by atoms with Gasteiger partial charge >= 0.3 is 0 Å². The SMILES string of the molecule is CC(C)=CCN1C(=O)C(=O)c2cc(C)ccc21. The van der Waals surface area contributed by atoms with Gasteiger partial charge in [-0.3, -0.25) is 9.59 Å². The summed E-state index contributed by atoms with van der Waals surface area (Å²) in [5.41, 5.74) is 3.38. The van der Waals surface area contributed by atoms with Gasteiger partial charge in [0.15, 0.2) is 0 Å². The molecule has 0 bridgehead atoms. The number of fused-ring (bicyclic) bond motifs is 1. The van der Waals surface area contributed by atoms with E-state index in [1.807, 2.05) is 39.0 Å². The van der Waals surface area contributed by atoms with Crippen molar-refractivity contribution in [3.05, 3.63) is 41.0 Å². The summed E-state index contributed by atoms with van der Waals surface area (Å²) in [5.74, 6) is -0.825. The molecule has 1 heterocycles. The van der Waals surface area contributed by atoms with Crippen LogP contribution in [-0.4, -0.2) is 18.2 Å². The third-order valence-corrected chi connectivity index (χ3v) is 2.81. The molecule has 0 radical (unpaired) electrons. The highest BCUT2D eigenvalue weighted by atomic mass is 16.2. The first-order valence-electron chi connectivity index (χ1n) is 5.61. The molecule has 17 heavy (non-hydrogen) atoms. The molecule has 0 saturated carbocycles. The molecule has 3 heteroatoms. The Kier molecular flexibility index (Phi) is 2.84. The number of nitrogens with zero attached hydrogens (tertiary/aromatic N) is 1. The minimum atomic E-state index is -0.428. The molecule has 2 rings (SSSR count). The second kappa shape index (κ2) is 4.17. The van der Waals surface area contributed by atoms with Gasteiger partial charge in [0.25, 0.3) is 11.7 Å².